The third-order valence-corrected chi connectivity index (χ3v) is 2.99. The lowest BCUT2D eigenvalue weighted by Gasteiger charge is -2.21. The van der Waals surface area contributed by atoms with Gasteiger partial charge >= 0.3 is 0 Å². The number of hydrogen-bond acceptors (Lipinski definition) is 3. The molecular formula is C14H22N2O3. The topological polar surface area (TPSA) is 71.3 Å². The Labute approximate surface area is 113 Å². The number of pyridine rings is 1. The number of aliphatic hydroxyl groups is 1. The van der Waals surface area contributed by atoms with Gasteiger partial charge < -0.3 is 15.0 Å². The molecule has 0 aliphatic heterocycles. The molecule has 19 heavy (non-hydrogen) atoms. The zero-order valence-electron chi connectivity index (χ0n) is 11.6. The molecule has 1 rings (SSSR count). The number of amides is 1. The van der Waals surface area contributed by atoms with Gasteiger partial charge in [-0.05, 0) is 24.3 Å². The first-order valence-corrected chi connectivity index (χ1v) is 6.48. The van der Waals surface area contributed by atoms with E-state index in [9.17, 15) is 9.59 Å². The van der Waals surface area contributed by atoms with Crippen molar-refractivity contribution in [3.05, 3.63) is 34.7 Å². The van der Waals surface area contributed by atoms with Crippen molar-refractivity contribution >= 4 is 5.91 Å². The molecule has 1 aromatic rings. The van der Waals surface area contributed by atoms with Crippen LogP contribution in [-0.4, -0.2) is 28.7 Å². The molecule has 0 saturated carbocycles. The summed E-state index contributed by atoms with van der Waals surface area (Å²) in [5, 5.41) is 11.9. The molecule has 0 unspecified atom stereocenters. The van der Waals surface area contributed by atoms with Gasteiger partial charge in [-0.3, -0.25) is 9.59 Å². The first-order valence-electron chi connectivity index (χ1n) is 6.48. The van der Waals surface area contributed by atoms with Crippen LogP contribution in [0.15, 0.2) is 29.2 Å². The van der Waals surface area contributed by atoms with Crippen molar-refractivity contribution in [2.24, 2.45) is 5.41 Å². The van der Waals surface area contributed by atoms with Gasteiger partial charge in [-0.15, -0.1) is 0 Å². The second kappa shape index (κ2) is 7.09. The summed E-state index contributed by atoms with van der Waals surface area (Å²) in [5.41, 5.74) is -0.291. The van der Waals surface area contributed by atoms with E-state index >= 15 is 0 Å². The summed E-state index contributed by atoms with van der Waals surface area (Å²) in [7, 11) is 0. The standard InChI is InChI=1S/C14H22N2O3/c1-14(2,11-17)7-5-8-15-12(18)10-16-9-4-3-6-13(16)19/h3-4,6,9,17H,5,7-8,10-11H2,1-2H3,(H,15,18). The normalized spacial score (nSPS) is 11.3. The molecule has 0 aliphatic carbocycles. The minimum atomic E-state index is -0.181. The lowest BCUT2D eigenvalue weighted by molar-refractivity contribution is -0.121. The van der Waals surface area contributed by atoms with Crippen LogP contribution >= 0.6 is 0 Å². The highest BCUT2D eigenvalue weighted by Gasteiger charge is 2.15. The maximum absolute atomic E-state index is 11.6. The van der Waals surface area contributed by atoms with Crippen molar-refractivity contribution in [3.8, 4) is 0 Å². The summed E-state index contributed by atoms with van der Waals surface area (Å²) in [6.07, 6.45) is 3.24. The lowest BCUT2D eigenvalue weighted by Crippen LogP contribution is -2.32. The summed E-state index contributed by atoms with van der Waals surface area (Å²) in [5.74, 6) is -0.171. The molecule has 0 saturated heterocycles. The predicted molar refractivity (Wildman–Crippen MR) is 73.8 cm³/mol. The van der Waals surface area contributed by atoms with E-state index in [1.807, 2.05) is 13.8 Å². The van der Waals surface area contributed by atoms with E-state index in [-0.39, 0.29) is 30.0 Å². The molecule has 0 aliphatic rings. The molecule has 1 heterocycles. The largest absolute Gasteiger partial charge is 0.396 e. The van der Waals surface area contributed by atoms with E-state index < -0.39 is 0 Å². The second-order valence-electron chi connectivity index (χ2n) is 5.44. The number of rotatable bonds is 7. The van der Waals surface area contributed by atoms with Crippen LogP contribution in [0, 0.1) is 5.41 Å². The van der Waals surface area contributed by atoms with Gasteiger partial charge in [0.2, 0.25) is 5.91 Å². The van der Waals surface area contributed by atoms with Crippen LogP contribution in [0.25, 0.3) is 0 Å². The Balaban J connectivity index is 2.30. The number of hydrogen-bond donors (Lipinski definition) is 2. The molecule has 0 spiro atoms. The fourth-order valence-corrected chi connectivity index (χ4v) is 1.68. The van der Waals surface area contributed by atoms with Gasteiger partial charge in [0.1, 0.15) is 6.54 Å². The molecule has 5 nitrogen and oxygen atoms in total. The van der Waals surface area contributed by atoms with Crippen molar-refractivity contribution in [1.29, 1.82) is 0 Å². The minimum Gasteiger partial charge on any atom is -0.396 e. The van der Waals surface area contributed by atoms with Crippen molar-refractivity contribution < 1.29 is 9.90 Å². The van der Waals surface area contributed by atoms with Crippen LogP contribution < -0.4 is 10.9 Å². The van der Waals surface area contributed by atoms with Crippen molar-refractivity contribution in [1.82, 2.24) is 9.88 Å². The monoisotopic (exact) mass is 266 g/mol. The van der Waals surface area contributed by atoms with E-state index in [1.54, 1.807) is 18.3 Å². The Morgan fingerprint density at radius 2 is 2.16 bits per heavy atom. The molecule has 106 valence electrons. The van der Waals surface area contributed by atoms with Crippen molar-refractivity contribution in [2.75, 3.05) is 13.2 Å². The third kappa shape index (κ3) is 5.70. The molecule has 0 radical (unpaired) electrons. The highest BCUT2D eigenvalue weighted by Crippen LogP contribution is 2.20. The van der Waals surface area contributed by atoms with E-state index in [0.29, 0.717) is 6.54 Å². The number of aromatic nitrogens is 1. The van der Waals surface area contributed by atoms with E-state index in [2.05, 4.69) is 5.32 Å². The Morgan fingerprint density at radius 3 is 2.79 bits per heavy atom. The molecule has 0 fully saturated rings. The van der Waals surface area contributed by atoms with Crippen LogP contribution in [0.5, 0.6) is 0 Å². The first kappa shape index (κ1) is 15.4. The fourth-order valence-electron chi connectivity index (χ4n) is 1.68. The van der Waals surface area contributed by atoms with Gasteiger partial charge in [-0.25, -0.2) is 0 Å². The molecule has 0 atom stereocenters. The molecular weight excluding hydrogens is 244 g/mol. The summed E-state index contributed by atoms with van der Waals surface area (Å²) >= 11 is 0. The zero-order valence-corrected chi connectivity index (χ0v) is 11.6. The van der Waals surface area contributed by atoms with E-state index in [0.717, 1.165) is 12.8 Å². The molecule has 1 aromatic heterocycles. The van der Waals surface area contributed by atoms with Crippen LogP contribution in [-0.2, 0) is 11.3 Å². The van der Waals surface area contributed by atoms with Gasteiger partial charge in [0, 0.05) is 25.4 Å². The van der Waals surface area contributed by atoms with Gasteiger partial charge in [0.15, 0.2) is 0 Å². The van der Waals surface area contributed by atoms with Crippen LogP contribution in [0.1, 0.15) is 26.7 Å². The highest BCUT2D eigenvalue weighted by molar-refractivity contribution is 5.75. The Kier molecular flexibility index (Phi) is 5.76. The lowest BCUT2D eigenvalue weighted by atomic mass is 9.89. The van der Waals surface area contributed by atoms with Gasteiger partial charge in [0.05, 0.1) is 0 Å². The van der Waals surface area contributed by atoms with Gasteiger partial charge in [0.25, 0.3) is 5.56 Å². The number of nitrogens with one attached hydrogen (secondary N) is 1. The van der Waals surface area contributed by atoms with Crippen LogP contribution in [0.2, 0.25) is 0 Å². The molecule has 5 heteroatoms. The molecule has 0 bridgehead atoms. The first-order chi connectivity index (χ1) is 8.94. The summed E-state index contributed by atoms with van der Waals surface area (Å²) < 4.78 is 1.37. The Morgan fingerprint density at radius 1 is 1.42 bits per heavy atom. The number of carbonyl (C=O) groups is 1. The summed E-state index contributed by atoms with van der Waals surface area (Å²) in [4.78, 5) is 23.0. The predicted octanol–water partition coefficient (Wildman–Crippen LogP) is 0.763. The SMILES string of the molecule is CC(C)(CO)CCCNC(=O)Cn1ccccc1=O. The summed E-state index contributed by atoms with van der Waals surface area (Å²) in [6.45, 7) is 4.71. The van der Waals surface area contributed by atoms with Crippen LogP contribution in [0.4, 0.5) is 0 Å². The average molecular weight is 266 g/mol. The molecule has 0 aromatic carbocycles. The second-order valence-corrected chi connectivity index (χ2v) is 5.44. The number of aliphatic hydroxyl groups excluding tert-OH is 1. The quantitative estimate of drug-likeness (QED) is 0.716. The maximum atomic E-state index is 11.6. The minimum absolute atomic E-state index is 0.0447. The van der Waals surface area contributed by atoms with Gasteiger partial charge in [-0.1, -0.05) is 19.9 Å². The molecule has 2 N–H and O–H groups in total. The maximum Gasteiger partial charge on any atom is 0.250 e. The van der Waals surface area contributed by atoms with Crippen molar-refractivity contribution in [3.63, 3.8) is 0 Å². The molecule has 1 amide bonds. The Hall–Kier alpha value is -1.62. The zero-order chi connectivity index (χ0) is 14.3. The fraction of sp³-hybridized carbons (Fsp3) is 0.571. The van der Waals surface area contributed by atoms with Crippen LogP contribution in [0.3, 0.4) is 0 Å². The number of nitrogens with zero attached hydrogens (tertiary/aromatic N) is 1. The van der Waals surface area contributed by atoms with Gasteiger partial charge in [-0.2, -0.15) is 0 Å². The Bertz CT molecular complexity index is 466. The number of carbonyl (C=O) groups excluding carboxylic acids is 1. The highest BCUT2D eigenvalue weighted by atomic mass is 16.3. The third-order valence-electron chi connectivity index (χ3n) is 2.99. The summed E-state index contributed by atoms with van der Waals surface area (Å²) in [6, 6.07) is 4.79. The van der Waals surface area contributed by atoms with Crippen molar-refractivity contribution in [2.45, 2.75) is 33.2 Å². The van der Waals surface area contributed by atoms with E-state index in [4.69, 9.17) is 5.11 Å². The average Bonchev–Trinajstić information content (AvgIpc) is 2.38. The van der Waals surface area contributed by atoms with E-state index in [1.165, 1.54) is 10.6 Å². The smallest absolute Gasteiger partial charge is 0.250 e.